The second-order valence-electron chi connectivity index (χ2n) is 7.25. The van der Waals surface area contributed by atoms with Crippen LogP contribution in [0.5, 0.6) is 0 Å². The van der Waals surface area contributed by atoms with E-state index in [0.29, 0.717) is 45.8 Å². The molecule has 10 heteroatoms. The van der Waals surface area contributed by atoms with Gasteiger partial charge in [-0.2, -0.15) is 0 Å². The molecule has 0 saturated carbocycles. The molecule has 154 valence electrons. The summed E-state index contributed by atoms with van der Waals surface area (Å²) >= 11 is 12.4. The molecule has 0 aliphatic carbocycles. The van der Waals surface area contributed by atoms with Crippen LogP contribution in [-0.2, 0) is 13.0 Å². The molecule has 6 nitrogen and oxygen atoms in total. The van der Waals surface area contributed by atoms with Crippen molar-refractivity contribution in [1.29, 1.82) is 0 Å². The quantitative estimate of drug-likeness (QED) is 0.552. The summed E-state index contributed by atoms with van der Waals surface area (Å²) in [7, 11) is 0. The standard InChI is InChI=1S/C19H20Cl2F2N6/c1-2-3-4-15-24-17(28-8-7-19(22,23)11-28)16-18(25-15)29(27-26-16)10-12-9-13(20)5-6-14(12)21/h5-6,9H,2-4,7-8,10-11H2,1H3. The van der Waals surface area contributed by atoms with Crippen LogP contribution in [0.25, 0.3) is 11.2 Å². The first-order chi connectivity index (χ1) is 13.9. The predicted octanol–water partition coefficient (Wildman–Crippen LogP) is 4.76. The van der Waals surface area contributed by atoms with E-state index in [4.69, 9.17) is 23.2 Å². The van der Waals surface area contributed by atoms with Gasteiger partial charge in [-0.3, -0.25) is 0 Å². The van der Waals surface area contributed by atoms with E-state index in [0.717, 1.165) is 18.4 Å². The molecular formula is C19H20Cl2F2N6. The van der Waals surface area contributed by atoms with Gasteiger partial charge in [0.2, 0.25) is 0 Å². The van der Waals surface area contributed by atoms with E-state index >= 15 is 0 Å². The summed E-state index contributed by atoms with van der Waals surface area (Å²) in [5.41, 5.74) is 1.70. The lowest BCUT2D eigenvalue weighted by Gasteiger charge is -2.18. The fraction of sp³-hybridized carbons (Fsp3) is 0.474. The number of unbranched alkanes of at least 4 members (excludes halogenated alkanes) is 1. The molecule has 0 spiro atoms. The molecule has 3 heterocycles. The highest BCUT2D eigenvalue weighted by molar-refractivity contribution is 6.33. The lowest BCUT2D eigenvalue weighted by atomic mass is 10.2. The number of anilines is 1. The Morgan fingerprint density at radius 1 is 1.21 bits per heavy atom. The number of halogens is 4. The number of benzene rings is 1. The van der Waals surface area contributed by atoms with Crippen LogP contribution in [-0.4, -0.2) is 44.0 Å². The molecule has 0 radical (unpaired) electrons. The van der Waals surface area contributed by atoms with Crippen molar-refractivity contribution in [2.45, 2.75) is 45.1 Å². The first-order valence-corrected chi connectivity index (χ1v) is 10.3. The number of hydrogen-bond donors (Lipinski definition) is 0. The average molecular weight is 441 g/mol. The Hall–Kier alpha value is -2.06. The van der Waals surface area contributed by atoms with Gasteiger partial charge in [-0.05, 0) is 30.2 Å². The lowest BCUT2D eigenvalue weighted by Crippen LogP contribution is -2.26. The van der Waals surface area contributed by atoms with Crippen LogP contribution >= 0.6 is 23.2 Å². The summed E-state index contributed by atoms with van der Waals surface area (Å²) < 4.78 is 29.2. The molecule has 29 heavy (non-hydrogen) atoms. The molecule has 0 atom stereocenters. The summed E-state index contributed by atoms with van der Waals surface area (Å²) in [6, 6.07) is 5.19. The summed E-state index contributed by atoms with van der Waals surface area (Å²) in [6.45, 7) is 2.24. The van der Waals surface area contributed by atoms with Gasteiger partial charge >= 0.3 is 0 Å². The van der Waals surface area contributed by atoms with E-state index in [-0.39, 0.29) is 19.5 Å². The molecule has 0 N–H and O–H groups in total. The van der Waals surface area contributed by atoms with Crippen LogP contribution in [0.15, 0.2) is 18.2 Å². The topological polar surface area (TPSA) is 59.7 Å². The molecule has 0 bridgehead atoms. The Kier molecular flexibility index (Phi) is 5.57. The average Bonchev–Trinajstić information content (AvgIpc) is 3.25. The normalized spacial score (nSPS) is 16.1. The molecule has 1 aliphatic rings. The number of aryl methyl sites for hydroxylation is 1. The fourth-order valence-corrected chi connectivity index (χ4v) is 3.77. The van der Waals surface area contributed by atoms with Gasteiger partial charge in [0.15, 0.2) is 17.0 Å². The third kappa shape index (κ3) is 4.28. The first kappa shape index (κ1) is 20.2. The van der Waals surface area contributed by atoms with Gasteiger partial charge in [0.05, 0.1) is 13.1 Å². The number of nitrogens with zero attached hydrogens (tertiary/aromatic N) is 6. The number of hydrogen-bond acceptors (Lipinski definition) is 5. The number of aromatic nitrogens is 5. The fourth-order valence-electron chi connectivity index (χ4n) is 3.40. The Labute approximate surface area is 176 Å². The van der Waals surface area contributed by atoms with Crippen molar-refractivity contribution in [2.75, 3.05) is 18.0 Å². The molecule has 3 aromatic rings. The van der Waals surface area contributed by atoms with Crippen molar-refractivity contribution in [1.82, 2.24) is 25.0 Å². The van der Waals surface area contributed by atoms with Gasteiger partial charge in [0, 0.05) is 29.4 Å². The summed E-state index contributed by atoms with van der Waals surface area (Å²) in [5.74, 6) is -1.71. The lowest BCUT2D eigenvalue weighted by molar-refractivity contribution is 0.0257. The van der Waals surface area contributed by atoms with Crippen molar-refractivity contribution >= 4 is 40.2 Å². The van der Waals surface area contributed by atoms with Gasteiger partial charge in [-0.15, -0.1) is 5.10 Å². The van der Waals surface area contributed by atoms with Crippen LogP contribution in [0.1, 0.15) is 37.6 Å². The maximum Gasteiger partial charge on any atom is 0.266 e. The Morgan fingerprint density at radius 3 is 2.76 bits per heavy atom. The predicted molar refractivity (Wildman–Crippen MR) is 109 cm³/mol. The smallest absolute Gasteiger partial charge is 0.266 e. The maximum absolute atomic E-state index is 13.8. The summed E-state index contributed by atoms with van der Waals surface area (Å²) in [4.78, 5) is 10.8. The van der Waals surface area contributed by atoms with Crippen LogP contribution in [0, 0.1) is 0 Å². The number of fused-ring (bicyclic) bond motifs is 1. The van der Waals surface area contributed by atoms with E-state index in [1.165, 1.54) is 0 Å². The van der Waals surface area contributed by atoms with Gasteiger partial charge in [0.1, 0.15) is 5.82 Å². The summed E-state index contributed by atoms with van der Waals surface area (Å²) in [6.07, 6.45) is 2.35. The van der Waals surface area contributed by atoms with Crippen LogP contribution in [0.4, 0.5) is 14.6 Å². The Bertz CT molecular complexity index is 1040. The highest BCUT2D eigenvalue weighted by atomic mass is 35.5. The minimum absolute atomic E-state index is 0.199. The molecule has 4 rings (SSSR count). The van der Waals surface area contributed by atoms with Gasteiger partial charge in [-0.25, -0.2) is 23.4 Å². The number of alkyl halides is 2. The van der Waals surface area contributed by atoms with Crippen LogP contribution in [0.3, 0.4) is 0 Å². The van der Waals surface area contributed by atoms with E-state index < -0.39 is 5.92 Å². The monoisotopic (exact) mass is 440 g/mol. The van der Waals surface area contributed by atoms with Crippen molar-refractivity contribution in [3.05, 3.63) is 39.6 Å². The molecule has 1 aromatic carbocycles. The van der Waals surface area contributed by atoms with E-state index in [9.17, 15) is 8.78 Å². The van der Waals surface area contributed by atoms with Crippen LogP contribution < -0.4 is 4.90 Å². The van der Waals surface area contributed by atoms with E-state index in [2.05, 4.69) is 27.2 Å². The second kappa shape index (κ2) is 7.99. The van der Waals surface area contributed by atoms with Gasteiger partial charge < -0.3 is 4.90 Å². The number of rotatable bonds is 6. The largest absolute Gasteiger partial charge is 0.348 e. The maximum atomic E-state index is 13.8. The van der Waals surface area contributed by atoms with Crippen molar-refractivity contribution in [2.24, 2.45) is 0 Å². The zero-order chi connectivity index (χ0) is 20.6. The van der Waals surface area contributed by atoms with Crippen molar-refractivity contribution < 1.29 is 8.78 Å². The Morgan fingerprint density at radius 2 is 2.03 bits per heavy atom. The zero-order valence-electron chi connectivity index (χ0n) is 15.9. The first-order valence-electron chi connectivity index (χ1n) is 9.53. The third-order valence-corrected chi connectivity index (χ3v) is 5.55. The second-order valence-corrected chi connectivity index (χ2v) is 8.09. The van der Waals surface area contributed by atoms with Crippen LogP contribution in [0.2, 0.25) is 10.0 Å². The molecule has 1 saturated heterocycles. The molecular weight excluding hydrogens is 421 g/mol. The molecule has 2 aromatic heterocycles. The minimum Gasteiger partial charge on any atom is -0.348 e. The van der Waals surface area contributed by atoms with E-state index in [1.54, 1.807) is 27.8 Å². The molecule has 1 aliphatic heterocycles. The third-order valence-electron chi connectivity index (χ3n) is 4.94. The molecule has 0 amide bonds. The van der Waals surface area contributed by atoms with Gasteiger partial charge in [-0.1, -0.05) is 41.8 Å². The Balaban J connectivity index is 1.77. The van der Waals surface area contributed by atoms with Gasteiger partial charge in [0.25, 0.3) is 5.92 Å². The van der Waals surface area contributed by atoms with Crippen molar-refractivity contribution in [3.8, 4) is 0 Å². The molecule has 1 fully saturated rings. The van der Waals surface area contributed by atoms with Crippen molar-refractivity contribution in [3.63, 3.8) is 0 Å². The minimum atomic E-state index is -2.73. The zero-order valence-corrected chi connectivity index (χ0v) is 17.4. The highest BCUT2D eigenvalue weighted by Crippen LogP contribution is 2.33. The highest BCUT2D eigenvalue weighted by Gasteiger charge is 2.40. The SMILES string of the molecule is CCCCc1nc(N2CCC(F)(F)C2)c2nnn(Cc3cc(Cl)ccc3Cl)c2n1. The van der Waals surface area contributed by atoms with E-state index in [1.807, 2.05) is 0 Å². The molecule has 0 unspecified atom stereocenters. The summed E-state index contributed by atoms with van der Waals surface area (Å²) in [5, 5.41) is 9.52.